The molecule has 1 amide bonds. The van der Waals surface area contributed by atoms with Crippen LogP contribution in [0.25, 0.3) is 0 Å². The lowest BCUT2D eigenvalue weighted by Crippen LogP contribution is -2.22. The maximum Gasteiger partial charge on any atom is 0.408 e. The van der Waals surface area contributed by atoms with E-state index >= 15 is 0 Å². The molecule has 0 unspecified atom stereocenters. The van der Waals surface area contributed by atoms with Crippen molar-refractivity contribution in [1.29, 1.82) is 5.26 Å². The maximum absolute atomic E-state index is 12.0. The van der Waals surface area contributed by atoms with Crippen LogP contribution in [-0.2, 0) is 18.4 Å². The summed E-state index contributed by atoms with van der Waals surface area (Å²) >= 11 is 5.79. The predicted octanol–water partition coefficient (Wildman–Crippen LogP) is 0.997. The minimum Gasteiger partial charge on any atom is -0.358 e. The van der Waals surface area contributed by atoms with E-state index in [1.54, 1.807) is 7.05 Å². The van der Waals surface area contributed by atoms with Crippen molar-refractivity contribution in [1.82, 2.24) is 19.6 Å². The van der Waals surface area contributed by atoms with Crippen molar-refractivity contribution in [3.05, 3.63) is 32.6 Å². The molecular formula is C11H10ClN7O3. The summed E-state index contributed by atoms with van der Waals surface area (Å²) in [5, 5.41) is 29.6. The molecule has 0 bridgehead atoms. The highest BCUT2D eigenvalue weighted by Crippen LogP contribution is 2.26. The molecule has 0 saturated carbocycles. The first-order chi connectivity index (χ1) is 10.3. The Morgan fingerprint density at radius 1 is 1.64 bits per heavy atom. The minimum absolute atomic E-state index is 0.115. The Kier molecular flexibility index (Phi) is 4.09. The Labute approximate surface area is 129 Å². The molecule has 0 fully saturated rings. The molecule has 22 heavy (non-hydrogen) atoms. The number of carbonyl (C=O) groups is 1. The molecule has 2 rings (SSSR count). The van der Waals surface area contributed by atoms with Gasteiger partial charge in [-0.2, -0.15) is 15.0 Å². The number of aryl methyl sites for hydroxylation is 1. The monoisotopic (exact) mass is 323 g/mol. The van der Waals surface area contributed by atoms with Crippen LogP contribution in [0.4, 0.5) is 11.6 Å². The molecule has 11 heteroatoms. The number of halogens is 1. The van der Waals surface area contributed by atoms with Crippen molar-refractivity contribution in [3.8, 4) is 6.07 Å². The Bertz CT molecular complexity index is 801. The van der Waals surface area contributed by atoms with Gasteiger partial charge in [0.15, 0.2) is 5.02 Å². The molecule has 0 spiro atoms. The van der Waals surface area contributed by atoms with E-state index < -0.39 is 16.6 Å². The number of nitro groups is 1. The van der Waals surface area contributed by atoms with Gasteiger partial charge in [0.2, 0.25) is 5.91 Å². The minimum atomic E-state index is -0.724. The Hall–Kier alpha value is -2.93. The smallest absolute Gasteiger partial charge is 0.358 e. The van der Waals surface area contributed by atoms with Gasteiger partial charge in [-0.15, -0.1) is 0 Å². The Morgan fingerprint density at radius 2 is 2.32 bits per heavy atom. The third kappa shape index (κ3) is 2.75. The molecule has 1 N–H and O–H groups in total. The molecule has 114 valence electrons. The number of nitrogens with one attached hydrogen (secondary N) is 1. The lowest BCUT2D eigenvalue weighted by atomic mass is 10.3. The molecule has 0 aromatic carbocycles. The molecule has 0 aliphatic rings. The number of nitrogens with zero attached hydrogens (tertiary/aromatic N) is 6. The number of nitriles is 1. The average molecular weight is 324 g/mol. The van der Waals surface area contributed by atoms with E-state index in [4.69, 9.17) is 16.9 Å². The zero-order chi connectivity index (χ0) is 16.4. The van der Waals surface area contributed by atoms with Crippen LogP contribution in [0.1, 0.15) is 11.3 Å². The summed E-state index contributed by atoms with van der Waals surface area (Å²) in [6.45, 7) is 1.23. The summed E-state index contributed by atoms with van der Waals surface area (Å²) in [5.74, 6) is -0.791. The zero-order valence-electron chi connectivity index (χ0n) is 11.6. The van der Waals surface area contributed by atoms with Crippen molar-refractivity contribution >= 4 is 29.1 Å². The number of hydrogen-bond acceptors (Lipinski definition) is 6. The zero-order valence-corrected chi connectivity index (χ0v) is 12.3. The molecule has 0 saturated heterocycles. The second kappa shape index (κ2) is 5.82. The molecule has 0 aliphatic carbocycles. The fraction of sp³-hybridized carbons (Fsp3) is 0.273. The van der Waals surface area contributed by atoms with Crippen LogP contribution in [0.2, 0.25) is 5.02 Å². The summed E-state index contributed by atoms with van der Waals surface area (Å²) in [7, 11) is 1.57. The van der Waals surface area contributed by atoms with Crippen molar-refractivity contribution in [2.75, 3.05) is 5.32 Å². The molecular weight excluding hydrogens is 314 g/mol. The third-order valence-corrected chi connectivity index (χ3v) is 3.34. The summed E-state index contributed by atoms with van der Waals surface area (Å²) in [6.07, 6.45) is 1.32. The van der Waals surface area contributed by atoms with Crippen LogP contribution in [0.15, 0.2) is 6.20 Å². The van der Waals surface area contributed by atoms with Gasteiger partial charge in [-0.25, -0.2) is 0 Å². The van der Waals surface area contributed by atoms with E-state index in [1.165, 1.54) is 17.8 Å². The fourth-order valence-corrected chi connectivity index (χ4v) is 1.96. The van der Waals surface area contributed by atoms with E-state index in [1.807, 2.05) is 6.07 Å². The number of hydrogen-bond donors (Lipinski definition) is 1. The van der Waals surface area contributed by atoms with Crippen LogP contribution in [0.5, 0.6) is 0 Å². The Morgan fingerprint density at radius 3 is 2.86 bits per heavy atom. The number of rotatable bonds is 4. The SMILES string of the molecule is Cc1c(Cl)c([N+](=O)[O-])nn1CC(=O)Nc1c(C#N)cnn1C. The topological polar surface area (TPSA) is 132 Å². The van der Waals surface area contributed by atoms with E-state index in [-0.39, 0.29) is 22.9 Å². The third-order valence-electron chi connectivity index (χ3n) is 2.90. The van der Waals surface area contributed by atoms with Gasteiger partial charge in [-0.05, 0) is 11.8 Å². The van der Waals surface area contributed by atoms with Gasteiger partial charge in [-0.3, -0.25) is 9.48 Å². The molecule has 2 aromatic rings. The van der Waals surface area contributed by atoms with E-state index in [0.717, 1.165) is 4.68 Å². The van der Waals surface area contributed by atoms with Gasteiger partial charge in [0.1, 0.15) is 24.0 Å². The highest BCUT2D eigenvalue weighted by Gasteiger charge is 2.25. The first-order valence-corrected chi connectivity index (χ1v) is 6.32. The van der Waals surface area contributed by atoms with Crippen LogP contribution in [-0.4, -0.2) is 30.4 Å². The largest absolute Gasteiger partial charge is 0.408 e. The summed E-state index contributed by atoms with van der Waals surface area (Å²) in [5.41, 5.74) is 0.506. The highest BCUT2D eigenvalue weighted by atomic mass is 35.5. The molecule has 0 radical (unpaired) electrons. The first-order valence-electron chi connectivity index (χ1n) is 5.94. The predicted molar refractivity (Wildman–Crippen MR) is 75.2 cm³/mol. The number of anilines is 1. The fourth-order valence-electron chi connectivity index (χ4n) is 1.75. The van der Waals surface area contributed by atoms with E-state index in [9.17, 15) is 14.9 Å². The van der Waals surface area contributed by atoms with Crippen molar-refractivity contribution in [2.24, 2.45) is 7.05 Å². The van der Waals surface area contributed by atoms with Gasteiger partial charge < -0.3 is 15.4 Å². The van der Waals surface area contributed by atoms with Gasteiger partial charge in [0.05, 0.1) is 17.0 Å². The second-order valence-corrected chi connectivity index (χ2v) is 4.71. The standard InChI is InChI=1S/C11H10ClN7O3/c1-6-9(12)11(19(21)22)16-18(6)5-8(20)15-10-7(3-13)4-14-17(10)2/h4H,5H2,1-2H3,(H,15,20). The lowest BCUT2D eigenvalue weighted by molar-refractivity contribution is -0.389. The van der Waals surface area contributed by atoms with Crippen LogP contribution < -0.4 is 5.32 Å². The van der Waals surface area contributed by atoms with E-state index in [2.05, 4.69) is 15.5 Å². The van der Waals surface area contributed by atoms with Gasteiger partial charge in [-0.1, -0.05) is 11.6 Å². The van der Waals surface area contributed by atoms with Gasteiger partial charge in [0.25, 0.3) is 0 Å². The first kappa shape index (κ1) is 15.5. The van der Waals surface area contributed by atoms with Crippen molar-refractivity contribution in [2.45, 2.75) is 13.5 Å². The van der Waals surface area contributed by atoms with Gasteiger partial charge >= 0.3 is 5.82 Å². The quantitative estimate of drug-likeness (QED) is 0.659. The molecule has 0 aliphatic heterocycles. The maximum atomic E-state index is 12.0. The van der Waals surface area contributed by atoms with E-state index in [0.29, 0.717) is 5.69 Å². The van der Waals surface area contributed by atoms with Crippen LogP contribution in [0, 0.1) is 28.4 Å². The number of carbonyl (C=O) groups excluding carboxylic acids is 1. The van der Waals surface area contributed by atoms with Crippen LogP contribution in [0.3, 0.4) is 0 Å². The highest BCUT2D eigenvalue weighted by molar-refractivity contribution is 6.33. The normalized spacial score (nSPS) is 10.3. The molecule has 10 nitrogen and oxygen atoms in total. The summed E-state index contributed by atoms with van der Waals surface area (Å²) < 4.78 is 2.46. The van der Waals surface area contributed by atoms with Crippen molar-refractivity contribution < 1.29 is 9.72 Å². The number of aromatic nitrogens is 4. The number of amides is 1. The Balaban J connectivity index is 2.20. The van der Waals surface area contributed by atoms with Crippen LogP contribution >= 0.6 is 11.6 Å². The lowest BCUT2D eigenvalue weighted by Gasteiger charge is -2.05. The summed E-state index contributed by atoms with van der Waals surface area (Å²) in [4.78, 5) is 22.0. The molecule has 0 atom stereocenters. The molecule has 2 aromatic heterocycles. The summed E-state index contributed by atoms with van der Waals surface area (Å²) in [6, 6.07) is 1.89. The second-order valence-electron chi connectivity index (χ2n) is 4.33. The van der Waals surface area contributed by atoms with Gasteiger partial charge in [0, 0.05) is 7.05 Å². The average Bonchev–Trinajstić information content (AvgIpc) is 2.94. The van der Waals surface area contributed by atoms with Crippen molar-refractivity contribution in [3.63, 3.8) is 0 Å². The molecule has 2 heterocycles.